The fraction of sp³-hybridized carbons (Fsp3) is 0. The molecule has 4 aromatic carbocycles. The first-order valence-corrected chi connectivity index (χ1v) is 6.14. The Morgan fingerprint density at radius 1 is 0.611 bits per heavy atom. The Bertz CT molecular complexity index is 866. The lowest BCUT2D eigenvalue weighted by Crippen LogP contribution is -1.79. The SMILES string of the molecule is [c]1c2ccccc2cc2ccc3ccccc3c12. The fourth-order valence-electron chi connectivity index (χ4n) is 2.59. The van der Waals surface area contributed by atoms with Crippen molar-refractivity contribution < 1.29 is 0 Å². The van der Waals surface area contributed by atoms with E-state index in [1.54, 1.807) is 0 Å². The standard InChI is InChI=1S/C18H11/c1-2-7-15-12-18-16(11-14(15)6-1)10-9-13-5-3-4-8-17(13)18/h1-11H. The number of fused-ring (bicyclic) bond motifs is 4. The molecule has 0 saturated carbocycles. The average molecular weight is 227 g/mol. The van der Waals surface area contributed by atoms with Crippen LogP contribution in [0.5, 0.6) is 0 Å². The summed E-state index contributed by atoms with van der Waals surface area (Å²) in [4.78, 5) is 0. The van der Waals surface area contributed by atoms with Crippen molar-refractivity contribution >= 4 is 32.3 Å². The molecule has 0 atom stereocenters. The molecule has 0 aromatic heterocycles. The van der Waals surface area contributed by atoms with E-state index in [1.165, 1.54) is 32.3 Å². The van der Waals surface area contributed by atoms with Gasteiger partial charge in [-0.25, -0.2) is 0 Å². The molecule has 0 fully saturated rings. The van der Waals surface area contributed by atoms with Gasteiger partial charge in [-0.1, -0.05) is 60.7 Å². The van der Waals surface area contributed by atoms with Crippen LogP contribution in [-0.4, -0.2) is 0 Å². The Labute approximate surface area is 105 Å². The van der Waals surface area contributed by atoms with E-state index in [2.05, 4.69) is 72.8 Å². The Balaban J connectivity index is 2.27. The van der Waals surface area contributed by atoms with Gasteiger partial charge >= 0.3 is 0 Å². The molecule has 0 aliphatic carbocycles. The summed E-state index contributed by atoms with van der Waals surface area (Å²) < 4.78 is 0. The van der Waals surface area contributed by atoms with Crippen LogP contribution in [0, 0.1) is 6.07 Å². The highest BCUT2D eigenvalue weighted by molar-refractivity contribution is 6.11. The zero-order valence-corrected chi connectivity index (χ0v) is 9.85. The highest BCUT2D eigenvalue weighted by Crippen LogP contribution is 2.28. The highest BCUT2D eigenvalue weighted by Gasteiger charge is 2.02. The van der Waals surface area contributed by atoms with Crippen molar-refractivity contribution in [1.29, 1.82) is 0 Å². The van der Waals surface area contributed by atoms with Crippen molar-refractivity contribution in [2.75, 3.05) is 0 Å². The fourth-order valence-corrected chi connectivity index (χ4v) is 2.59. The topological polar surface area (TPSA) is 0 Å². The van der Waals surface area contributed by atoms with E-state index in [9.17, 15) is 0 Å². The molecule has 1 radical (unpaired) electrons. The molecule has 0 saturated heterocycles. The van der Waals surface area contributed by atoms with Crippen LogP contribution in [0.3, 0.4) is 0 Å². The first kappa shape index (κ1) is 9.67. The van der Waals surface area contributed by atoms with E-state index in [4.69, 9.17) is 0 Å². The van der Waals surface area contributed by atoms with Crippen molar-refractivity contribution in [1.82, 2.24) is 0 Å². The molecule has 0 aliphatic heterocycles. The first-order chi connectivity index (χ1) is 8.92. The molecule has 18 heavy (non-hydrogen) atoms. The van der Waals surface area contributed by atoms with Crippen LogP contribution in [-0.2, 0) is 0 Å². The predicted octanol–water partition coefficient (Wildman–Crippen LogP) is 4.95. The van der Waals surface area contributed by atoms with Crippen molar-refractivity contribution in [3.63, 3.8) is 0 Å². The van der Waals surface area contributed by atoms with Crippen LogP contribution in [0.1, 0.15) is 0 Å². The van der Waals surface area contributed by atoms with Crippen LogP contribution in [0.15, 0.2) is 66.7 Å². The van der Waals surface area contributed by atoms with Crippen LogP contribution < -0.4 is 0 Å². The van der Waals surface area contributed by atoms with Crippen molar-refractivity contribution in [3.05, 3.63) is 72.8 Å². The van der Waals surface area contributed by atoms with Gasteiger partial charge in [0.05, 0.1) is 0 Å². The summed E-state index contributed by atoms with van der Waals surface area (Å²) in [6, 6.07) is 27.0. The Hall–Kier alpha value is -2.34. The van der Waals surface area contributed by atoms with Gasteiger partial charge < -0.3 is 0 Å². The maximum atomic E-state index is 3.55. The first-order valence-electron chi connectivity index (χ1n) is 6.14. The van der Waals surface area contributed by atoms with Crippen molar-refractivity contribution in [2.45, 2.75) is 0 Å². The third kappa shape index (κ3) is 1.32. The molecule has 83 valence electrons. The molecule has 4 rings (SSSR count). The highest BCUT2D eigenvalue weighted by atomic mass is 14.1. The van der Waals surface area contributed by atoms with E-state index in [1.807, 2.05) is 0 Å². The number of hydrogen-bond acceptors (Lipinski definition) is 0. The lowest BCUT2D eigenvalue weighted by molar-refractivity contribution is 1.77. The van der Waals surface area contributed by atoms with E-state index < -0.39 is 0 Å². The van der Waals surface area contributed by atoms with Gasteiger partial charge in [-0.05, 0) is 44.5 Å². The maximum Gasteiger partial charge on any atom is -0.000786 e. The molecule has 0 nitrogen and oxygen atoms in total. The molecule has 0 spiro atoms. The van der Waals surface area contributed by atoms with Gasteiger partial charge in [0.25, 0.3) is 0 Å². The number of hydrogen-bond donors (Lipinski definition) is 0. The van der Waals surface area contributed by atoms with Gasteiger partial charge in [-0.3, -0.25) is 0 Å². The Morgan fingerprint density at radius 2 is 1.33 bits per heavy atom. The van der Waals surface area contributed by atoms with E-state index in [-0.39, 0.29) is 0 Å². The molecular weight excluding hydrogens is 216 g/mol. The van der Waals surface area contributed by atoms with Gasteiger partial charge in [0.2, 0.25) is 0 Å². The lowest BCUT2D eigenvalue weighted by atomic mass is 9.98. The van der Waals surface area contributed by atoms with Gasteiger partial charge in [0, 0.05) is 0 Å². The summed E-state index contributed by atoms with van der Waals surface area (Å²) in [5.41, 5.74) is 0. The molecular formula is C18H11. The predicted molar refractivity (Wildman–Crippen MR) is 77.8 cm³/mol. The third-order valence-corrected chi connectivity index (χ3v) is 3.49. The van der Waals surface area contributed by atoms with Crippen molar-refractivity contribution in [2.24, 2.45) is 0 Å². The minimum absolute atomic E-state index is 1.18. The van der Waals surface area contributed by atoms with Gasteiger partial charge in [0.15, 0.2) is 0 Å². The molecule has 0 unspecified atom stereocenters. The minimum atomic E-state index is 1.18. The smallest absolute Gasteiger partial charge is 0.000786 e. The van der Waals surface area contributed by atoms with E-state index >= 15 is 0 Å². The van der Waals surface area contributed by atoms with E-state index in [0.717, 1.165) is 0 Å². The lowest BCUT2D eigenvalue weighted by Gasteiger charge is -2.05. The normalized spacial score (nSPS) is 11.3. The largest absolute Gasteiger partial charge is 0.0616 e. The summed E-state index contributed by atoms with van der Waals surface area (Å²) in [6.07, 6.45) is 0. The second-order valence-electron chi connectivity index (χ2n) is 4.61. The summed E-state index contributed by atoms with van der Waals surface area (Å²) in [6.45, 7) is 0. The molecule has 0 bridgehead atoms. The minimum Gasteiger partial charge on any atom is -0.0616 e. The summed E-state index contributed by atoms with van der Waals surface area (Å²) >= 11 is 0. The molecule has 4 aromatic rings. The van der Waals surface area contributed by atoms with Crippen LogP contribution in [0.4, 0.5) is 0 Å². The van der Waals surface area contributed by atoms with Gasteiger partial charge in [0.1, 0.15) is 0 Å². The van der Waals surface area contributed by atoms with E-state index in [0.29, 0.717) is 0 Å². The zero-order valence-electron chi connectivity index (χ0n) is 9.85. The molecule has 0 aliphatic rings. The molecule has 0 N–H and O–H groups in total. The van der Waals surface area contributed by atoms with Gasteiger partial charge in [-0.2, -0.15) is 0 Å². The second kappa shape index (κ2) is 3.58. The van der Waals surface area contributed by atoms with Crippen LogP contribution in [0.25, 0.3) is 32.3 Å². The zero-order chi connectivity index (χ0) is 11.9. The van der Waals surface area contributed by atoms with Gasteiger partial charge in [-0.15, -0.1) is 0 Å². The second-order valence-corrected chi connectivity index (χ2v) is 4.61. The molecule has 0 heteroatoms. The number of benzene rings is 4. The summed E-state index contributed by atoms with van der Waals surface area (Å²) in [7, 11) is 0. The molecule has 0 heterocycles. The monoisotopic (exact) mass is 227 g/mol. The Kier molecular flexibility index (Phi) is 1.92. The summed E-state index contributed by atoms with van der Waals surface area (Å²) in [5, 5.41) is 7.46. The van der Waals surface area contributed by atoms with Crippen molar-refractivity contribution in [3.8, 4) is 0 Å². The van der Waals surface area contributed by atoms with Crippen LogP contribution in [0.2, 0.25) is 0 Å². The quantitative estimate of drug-likeness (QED) is 0.294. The summed E-state index contributed by atoms with van der Waals surface area (Å²) in [5.74, 6) is 0. The molecule has 0 amide bonds. The Morgan fingerprint density at radius 3 is 2.28 bits per heavy atom. The maximum absolute atomic E-state index is 3.55. The third-order valence-electron chi connectivity index (χ3n) is 3.49. The number of rotatable bonds is 0. The van der Waals surface area contributed by atoms with Crippen LogP contribution >= 0.6 is 0 Å². The average Bonchev–Trinajstić information content (AvgIpc) is 2.45.